The second-order valence-corrected chi connectivity index (χ2v) is 6.21. The van der Waals surface area contributed by atoms with E-state index in [9.17, 15) is 10.1 Å². The molecule has 0 saturated carbocycles. The molecule has 0 amide bonds. The van der Waals surface area contributed by atoms with Gasteiger partial charge in [0.1, 0.15) is 23.9 Å². The second kappa shape index (κ2) is 7.30. The van der Waals surface area contributed by atoms with E-state index >= 15 is 0 Å². The SMILES string of the molecule is CCSc1nnc(C)n1N=Cc1ccc(Cn2cc([N+](=O)[O-])cn2)o1. The molecule has 0 aromatic carbocycles. The summed E-state index contributed by atoms with van der Waals surface area (Å²) in [6.07, 6.45) is 4.13. The minimum Gasteiger partial charge on any atom is -0.458 e. The number of nitro groups is 1. The van der Waals surface area contributed by atoms with E-state index in [2.05, 4.69) is 20.4 Å². The molecule has 0 aliphatic heterocycles. The van der Waals surface area contributed by atoms with Crippen LogP contribution < -0.4 is 0 Å². The molecule has 3 rings (SSSR count). The maximum Gasteiger partial charge on any atom is 0.307 e. The molecule has 0 aliphatic rings. The quantitative estimate of drug-likeness (QED) is 0.274. The fraction of sp³-hybridized carbons (Fsp3) is 0.286. The molecular formula is C14H15N7O3S. The van der Waals surface area contributed by atoms with Gasteiger partial charge >= 0.3 is 5.69 Å². The summed E-state index contributed by atoms with van der Waals surface area (Å²) < 4.78 is 8.74. The third-order valence-electron chi connectivity index (χ3n) is 3.17. The van der Waals surface area contributed by atoms with Gasteiger partial charge in [-0.15, -0.1) is 10.2 Å². The zero-order valence-corrected chi connectivity index (χ0v) is 14.4. The summed E-state index contributed by atoms with van der Waals surface area (Å²) >= 11 is 1.55. The molecule has 0 atom stereocenters. The molecule has 0 unspecified atom stereocenters. The Balaban J connectivity index is 1.71. The van der Waals surface area contributed by atoms with Crippen LogP contribution >= 0.6 is 11.8 Å². The zero-order chi connectivity index (χ0) is 17.8. The highest BCUT2D eigenvalue weighted by Gasteiger charge is 2.11. The molecule has 11 heteroatoms. The van der Waals surface area contributed by atoms with Crippen LogP contribution in [0.4, 0.5) is 5.69 Å². The number of hydrogen-bond donors (Lipinski definition) is 0. The van der Waals surface area contributed by atoms with E-state index in [-0.39, 0.29) is 5.69 Å². The topological polar surface area (TPSA) is 117 Å². The molecule has 130 valence electrons. The highest BCUT2D eigenvalue weighted by molar-refractivity contribution is 7.99. The number of aromatic nitrogens is 5. The highest BCUT2D eigenvalue weighted by Crippen LogP contribution is 2.16. The van der Waals surface area contributed by atoms with Crippen molar-refractivity contribution in [3.05, 3.63) is 52.0 Å². The van der Waals surface area contributed by atoms with Crippen LogP contribution in [0, 0.1) is 17.0 Å². The number of hydrogen-bond acceptors (Lipinski definition) is 8. The van der Waals surface area contributed by atoms with Gasteiger partial charge in [0, 0.05) is 0 Å². The third-order valence-corrected chi connectivity index (χ3v) is 3.97. The van der Waals surface area contributed by atoms with E-state index < -0.39 is 4.92 Å². The zero-order valence-electron chi connectivity index (χ0n) is 13.6. The minimum absolute atomic E-state index is 0.0580. The van der Waals surface area contributed by atoms with Crippen LogP contribution in [0.5, 0.6) is 0 Å². The van der Waals surface area contributed by atoms with E-state index in [4.69, 9.17) is 4.42 Å². The van der Waals surface area contributed by atoms with Crippen molar-refractivity contribution in [2.75, 3.05) is 5.75 Å². The molecule has 0 aliphatic carbocycles. The van der Waals surface area contributed by atoms with Crippen LogP contribution in [0.3, 0.4) is 0 Å². The number of rotatable bonds is 7. The van der Waals surface area contributed by atoms with Gasteiger partial charge in [0.25, 0.3) is 0 Å². The Morgan fingerprint density at radius 1 is 1.44 bits per heavy atom. The third kappa shape index (κ3) is 3.94. The second-order valence-electron chi connectivity index (χ2n) is 4.98. The molecule has 3 aromatic heterocycles. The molecular weight excluding hydrogens is 346 g/mol. The van der Waals surface area contributed by atoms with Gasteiger partial charge in [0.2, 0.25) is 5.16 Å². The number of nitrogens with zero attached hydrogens (tertiary/aromatic N) is 7. The van der Waals surface area contributed by atoms with Gasteiger partial charge in [0.15, 0.2) is 5.82 Å². The monoisotopic (exact) mass is 361 g/mol. The van der Waals surface area contributed by atoms with E-state index in [1.807, 2.05) is 13.8 Å². The molecule has 0 N–H and O–H groups in total. The first kappa shape index (κ1) is 16.9. The highest BCUT2D eigenvalue weighted by atomic mass is 32.2. The Kier molecular flexibility index (Phi) is 4.93. The van der Waals surface area contributed by atoms with Crippen molar-refractivity contribution in [2.24, 2.45) is 5.10 Å². The van der Waals surface area contributed by atoms with Crippen molar-refractivity contribution >= 4 is 23.7 Å². The fourth-order valence-corrected chi connectivity index (χ4v) is 2.71. The maximum atomic E-state index is 10.7. The van der Waals surface area contributed by atoms with Crippen molar-refractivity contribution in [1.29, 1.82) is 0 Å². The Labute approximate surface area is 146 Å². The first-order valence-corrected chi connectivity index (χ1v) is 8.40. The number of aryl methyl sites for hydroxylation is 1. The maximum absolute atomic E-state index is 10.7. The average molecular weight is 361 g/mol. The normalized spacial score (nSPS) is 11.4. The molecule has 0 fully saturated rings. The smallest absolute Gasteiger partial charge is 0.307 e. The summed E-state index contributed by atoms with van der Waals surface area (Å²) in [7, 11) is 0. The van der Waals surface area contributed by atoms with E-state index in [0.29, 0.717) is 29.0 Å². The van der Waals surface area contributed by atoms with Crippen LogP contribution in [0.1, 0.15) is 24.3 Å². The molecule has 10 nitrogen and oxygen atoms in total. The minimum atomic E-state index is -0.489. The van der Waals surface area contributed by atoms with Crippen LogP contribution in [-0.4, -0.2) is 41.5 Å². The van der Waals surface area contributed by atoms with Crippen LogP contribution in [-0.2, 0) is 6.54 Å². The lowest BCUT2D eigenvalue weighted by Crippen LogP contribution is -1.98. The predicted octanol–water partition coefficient (Wildman–Crippen LogP) is 2.33. The summed E-state index contributed by atoms with van der Waals surface area (Å²) in [6, 6.07) is 3.54. The first-order valence-electron chi connectivity index (χ1n) is 7.41. The van der Waals surface area contributed by atoms with Crippen molar-refractivity contribution in [2.45, 2.75) is 25.5 Å². The number of furan rings is 1. The van der Waals surface area contributed by atoms with Crippen LogP contribution in [0.2, 0.25) is 0 Å². The lowest BCUT2D eigenvalue weighted by atomic mass is 10.4. The van der Waals surface area contributed by atoms with Gasteiger partial charge < -0.3 is 4.42 Å². The van der Waals surface area contributed by atoms with Gasteiger partial charge in [0.05, 0.1) is 17.7 Å². The standard InChI is InChI=1S/C14H15N7O3S/c1-3-25-14-18-17-10(2)20(14)16-7-12-4-5-13(24-12)9-19-8-11(6-15-19)21(22)23/h4-8H,3,9H2,1-2H3. The average Bonchev–Trinajstić information content (AvgIpc) is 3.29. The first-order chi connectivity index (χ1) is 12.1. The van der Waals surface area contributed by atoms with Gasteiger partial charge in [-0.3, -0.25) is 14.8 Å². The molecule has 3 aromatic rings. The Bertz CT molecular complexity index is 911. The van der Waals surface area contributed by atoms with Gasteiger partial charge in [-0.2, -0.15) is 14.9 Å². The van der Waals surface area contributed by atoms with Crippen molar-refractivity contribution in [3.63, 3.8) is 0 Å². The largest absolute Gasteiger partial charge is 0.458 e. The van der Waals surface area contributed by atoms with Gasteiger partial charge in [-0.25, -0.2) is 0 Å². The molecule has 0 bridgehead atoms. The molecule has 25 heavy (non-hydrogen) atoms. The van der Waals surface area contributed by atoms with Crippen LogP contribution in [0.25, 0.3) is 0 Å². The molecule has 0 spiro atoms. The summed E-state index contributed by atoms with van der Waals surface area (Å²) in [5.41, 5.74) is -0.0580. The predicted molar refractivity (Wildman–Crippen MR) is 90.8 cm³/mol. The molecule has 3 heterocycles. The van der Waals surface area contributed by atoms with Gasteiger partial charge in [-0.05, 0) is 24.8 Å². The summed E-state index contributed by atoms with van der Waals surface area (Å²) in [4.78, 5) is 10.2. The lowest BCUT2D eigenvalue weighted by molar-refractivity contribution is -0.385. The fourth-order valence-electron chi connectivity index (χ4n) is 2.05. The Morgan fingerprint density at radius 2 is 2.28 bits per heavy atom. The van der Waals surface area contributed by atoms with Gasteiger partial charge in [-0.1, -0.05) is 18.7 Å². The summed E-state index contributed by atoms with van der Waals surface area (Å²) in [5.74, 6) is 2.72. The van der Waals surface area contributed by atoms with Crippen molar-refractivity contribution in [3.8, 4) is 0 Å². The Morgan fingerprint density at radius 3 is 3.00 bits per heavy atom. The lowest BCUT2D eigenvalue weighted by Gasteiger charge is -1.99. The molecule has 0 saturated heterocycles. The summed E-state index contributed by atoms with van der Waals surface area (Å²) in [6.45, 7) is 4.15. The van der Waals surface area contributed by atoms with E-state index in [1.54, 1.807) is 34.8 Å². The van der Waals surface area contributed by atoms with Crippen molar-refractivity contribution < 1.29 is 9.34 Å². The number of thioether (sulfide) groups is 1. The van der Waals surface area contributed by atoms with Crippen molar-refractivity contribution in [1.82, 2.24) is 24.7 Å². The van der Waals surface area contributed by atoms with E-state index in [0.717, 1.165) is 5.75 Å². The Hall–Kier alpha value is -2.95. The van der Waals surface area contributed by atoms with Crippen LogP contribution in [0.15, 0.2) is 39.2 Å². The summed E-state index contributed by atoms with van der Waals surface area (Å²) in [5, 5.41) is 27.7. The van der Waals surface area contributed by atoms with E-state index in [1.165, 1.54) is 17.1 Å². The molecule has 0 radical (unpaired) electrons.